The summed E-state index contributed by atoms with van der Waals surface area (Å²) in [6, 6.07) is 1.91. The van der Waals surface area contributed by atoms with Crippen LogP contribution in [0, 0.1) is 33.6 Å². The summed E-state index contributed by atoms with van der Waals surface area (Å²) in [5.74, 6) is -0.716. The van der Waals surface area contributed by atoms with Crippen molar-refractivity contribution in [3.05, 3.63) is 34.4 Å². The van der Waals surface area contributed by atoms with Crippen molar-refractivity contribution in [3.63, 3.8) is 0 Å². The van der Waals surface area contributed by atoms with Gasteiger partial charge in [0.15, 0.2) is 0 Å². The van der Waals surface area contributed by atoms with E-state index in [2.05, 4.69) is 15.1 Å². The molecule has 0 amide bonds. The molecule has 0 aromatic carbocycles. The fraction of sp³-hybridized carbons (Fsp3) is 0.467. The van der Waals surface area contributed by atoms with Crippen molar-refractivity contribution in [1.82, 2.24) is 19.7 Å². The molecule has 1 atom stereocenters. The number of aliphatic carboxylic acids is 1. The van der Waals surface area contributed by atoms with Crippen LogP contribution in [-0.2, 0) is 11.2 Å². The second-order valence-corrected chi connectivity index (χ2v) is 5.46. The smallest absolute Gasteiger partial charge is 0.306 e. The maximum atomic E-state index is 11.0. The van der Waals surface area contributed by atoms with E-state index < -0.39 is 11.9 Å². The van der Waals surface area contributed by atoms with Crippen molar-refractivity contribution in [3.8, 4) is 5.95 Å². The van der Waals surface area contributed by atoms with E-state index in [1.807, 2.05) is 33.8 Å². The highest BCUT2D eigenvalue weighted by atomic mass is 16.4. The van der Waals surface area contributed by atoms with Crippen LogP contribution in [0.5, 0.6) is 0 Å². The zero-order valence-electron chi connectivity index (χ0n) is 13.0. The van der Waals surface area contributed by atoms with Gasteiger partial charge in [0, 0.05) is 17.1 Å². The fourth-order valence-electron chi connectivity index (χ4n) is 2.36. The monoisotopic (exact) mass is 288 g/mol. The molecule has 2 aromatic heterocycles. The summed E-state index contributed by atoms with van der Waals surface area (Å²) in [6.45, 7) is 9.33. The molecule has 2 heterocycles. The average molecular weight is 288 g/mol. The van der Waals surface area contributed by atoms with Gasteiger partial charge in [0.2, 0.25) is 0 Å². The van der Waals surface area contributed by atoms with E-state index >= 15 is 0 Å². The summed E-state index contributed by atoms with van der Waals surface area (Å²) in [5, 5.41) is 13.5. The van der Waals surface area contributed by atoms with Crippen LogP contribution in [0.25, 0.3) is 5.95 Å². The highest BCUT2D eigenvalue weighted by molar-refractivity contribution is 5.70. The molecular formula is C15H20N4O2. The van der Waals surface area contributed by atoms with Gasteiger partial charge in [0.05, 0.1) is 11.6 Å². The van der Waals surface area contributed by atoms with Crippen molar-refractivity contribution in [1.29, 1.82) is 0 Å². The van der Waals surface area contributed by atoms with Crippen LogP contribution in [0.1, 0.15) is 35.3 Å². The zero-order chi connectivity index (χ0) is 15.7. The number of carboxylic acid groups (broad SMARTS) is 1. The Morgan fingerprint density at radius 2 is 1.81 bits per heavy atom. The first-order valence-electron chi connectivity index (χ1n) is 6.90. The van der Waals surface area contributed by atoms with E-state index in [0.29, 0.717) is 12.4 Å². The summed E-state index contributed by atoms with van der Waals surface area (Å²) in [4.78, 5) is 19.9. The van der Waals surface area contributed by atoms with Crippen molar-refractivity contribution < 1.29 is 9.90 Å². The van der Waals surface area contributed by atoms with Crippen LogP contribution in [0.4, 0.5) is 0 Å². The van der Waals surface area contributed by atoms with Crippen LogP contribution in [-0.4, -0.2) is 30.8 Å². The standard InChI is InChI=1S/C15H20N4O2/c1-8(14(20)21)6-13-11(4)18-19(12(13)5)15-16-9(2)7-10(3)17-15/h7-8H,6H2,1-5H3,(H,20,21). The topological polar surface area (TPSA) is 80.9 Å². The summed E-state index contributed by atoms with van der Waals surface area (Å²) in [5.41, 5.74) is 4.43. The summed E-state index contributed by atoms with van der Waals surface area (Å²) >= 11 is 0. The molecule has 0 fully saturated rings. The van der Waals surface area contributed by atoms with E-state index in [0.717, 1.165) is 28.3 Å². The number of carbonyl (C=O) groups is 1. The van der Waals surface area contributed by atoms with Crippen molar-refractivity contribution >= 4 is 5.97 Å². The Hall–Kier alpha value is -2.24. The number of aryl methyl sites for hydroxylation is 3. The molecule has 0 aliphatic heterocycles. The minimum atomic E-state index is -0.802. The fourth-order valence-corrected chi connectivity index (χ4v) is 2.36. The molecule has 0 saturated heterocycles. The molecule has 6 heteroatoms. The van der Waals surface area contributed by atoms with Gasteiger partial charge in [-0.1, -0.05) is 6.92 Å². The normalized spacial score (nSPS) is 12.4. The number of hydrogen-bond donors (Lipinski definition) is 1. The molecule has 6 nitrogen and oxygen atoms in total. The molecule has 0 aliphatic rings. The lowest BCUT2D eigenvalue weighted by Gasteiger charge is -2.08. The third kappa shape index (κ3) is 3.09. The van der Waals surface area contributed by atoms with Crippen molar-refractivity contribution in [2.75, 3.05) is 0 Å². The van der Waals surface area contributed by atoms with Crippen LogP contribution in [0.2, 0.25) is 0 Å². The first-order chi connectivity index (χ1) is 9.79. The molecule has 0 radical (unpaired) electrons. The first-order valence-corrected chi connectivity index (χ1v) is 6.90. The quantitative estimate of drug-likeness (QED) is 0.932. The summed E-state index contributed by atoms with van der Waals surface area (Å²) < 4.78 is 1.69. The van der Waals surface area contributed by atoms with Gasteiger partial charge in [-0.3, -0.25) is 4.79 Å². The van der Waals surface area contributed by atoms with Gasteiger partial charge in [-0.05, 0) is 45.7 Å². The number of hydrogen-bond acceptors (Lipinski definition) is 4. The van der Waals surface area contributed by atoms with Crippen molar-refractivity contribution in [2.24, 2.45) is 5.92 Å². The second kappa shape index (κ2) is 5.63. The Balaban J connectivity index is 2.45. The maximum absolute atomic E-state index is 11.0. The first kappa shape index (κ1) is 15.2. The molecule has 1 N–H and O–H groups in total. The predicted molar refractivity (Wildman–Crippen MR) is 78.6 cm³/mol. The summed E-state index contributed by atoms with van der Waals surface area (Å²) in [6.07, 6.45) is 0.456. The second-order valence-electron chi connectivity index (χ2n) is 5.46. The molecular weight excluding hydrogens is 268 g/mol. The van der Waals surface area contributed by atoms with E-state index in [4.69, 9.17) is 5.11 Å². The van der Waals surface area contributed by atoms with Crippen LogP contribution in [0.3, 0.4) is 0 Å². The van der Waals surface area contributed by atoms with Gasteiger partial charge in [-0.25, -0.2) is 14.6 Å². The van der Waals surface area contributed by atoms with Crippen LogP contribution in [0.15, 0.2) is 6.07 Å². The SMILES string of the molecule is Cc1cc(C)nc(-n2nc(C)c(CC(C)C(=O)O)c2C)n1. The third-order valence-electron chi connectivity index (χ3n) is 3.53. The zero-order valence-corrected chi connectivity index (χ0v) is 13.0. The van der Waals surface area contributed by atoms with Crippen molar-refractivity contribution in [2.45, 2.75) is 41.0 Å². The van der Waals surface area contributed by atoms with Gasteiger partial charge in [0.1, 0.15) is 0 Å². The van der Waals surface area contributed by atoms with Gasteiger partial charge < -0.3 is 5.11 Å². The minimum absolute atomic E-state index is 0.444. The number of carboxylic acids is 1. The average Bonchev–Trinajstić information content (AvgIpc) is 2.65. The number of rotatable bonds is 4. The van der Waals surface area contributed by atoms with Crippen LogP contribution < -0.4 is 0 Å². The van der Waals surface area contributed by atoms with Gasteiger partial charge in [-0.2, -0.15) is 5.10 Å². The Morgan fingerprint density at radius 3 is 2.33 bits per heavy atom. The third-order valence-corrected chi connectivity index (χ3v) is 3.53. The Kier molecular flexibility index (Phi) is 4.06. The molecule has 2 rings (SSSR count). The lowest BCUT2D eigenvalue weighted by atomic mass is 10.00. The van der Waals surface area contributed by atoms with Gasteiger partial charge in [0.25, 0.3) is 5.95 Å². The van der Waals surface area contributed by atoms with E-state index in [-0.39, 0.29) is 0 Å². The molecule has 0 aliphatic carbocycles. The Bertz CT molecular complexity index is 671. The number of nitrogens with zero attached hydrogens (tertiary/aromatic N) is 4. The van der Waals surface area contributed by atoms with E-state index in [9.17, 15) is 4.79 Å². The van der Waals surface area contributed by atoms with Gasteiger partial charge >= 0.3 is 5.97 Å². The molecule has 0 bridgehead atoms. The molecule has 0 spiro atoms. The summed E-state index contributed by atoms with van der Waals surface area (Å²) in [7, 11) is 0. The minimum Gasteiger partial charge on any atom is -0.481 e. The Morgan fingerprint density at radius 1 is 1.24 bits per heavy atom. The molecule has 112 valence electrons. The van der Waals surface area contributed by atoms with Gasteiger partial charge in [-0.15, -0.1) is 0 Å². The maximum Gasteiger partial charge on any atom is 0.306 e. The predicted octanol–water partition coefficient (Wildman–Crippen LogP) is 2.16. The lowest BCUT2D eigenvalue weighted by molar-refractivity contribution is -0.141. The highest BCUT2D eigenvalue weighted by Gasteiger charge is 2.20. The van der Waals surface area contributed by atoms with E-state index in [1.165, 1.54) is 0 Å². The Labute approximate surface area is 123 Å². The lowest BCUT2D eigenvalue weighted by Crippen LogP contribution is -2.13. The molecule has 21 heavy (non-hydrogen) atoms. The van der Waals surface area contributed by atoms with E-state index in [1.54, 1.807) is 11.6 Å². The highest BCUT2D eigenvalue weighted by Crippen LogP contribution is 2.20. The molecule has 2 aromatic rings. The molecule has 1 unspecified atom stereocenters. The number of aromatic nitrogens is 4. The largest absolute Gasteiger partial charge is 0.481 e. The molecule has 0 saturated carbocycles. The van der Waals surface area contributed by atoms with Crippen LogP contribution >= 0.6 is 0 Å².